The van der Waals surface area contributed by atoms with E-state index in [-0.39, 0.29) is 24.1 Å². The zero-order chi connectivity index (χ0) is 20.1. The molecule has 0 bridgehead atoms. The van der Waals surface area contributed by atoms with Gasteiger partial charge in [-0.2, -0.15) is 4.31 Å². The van der Waals surface area contributed by atoms with Crippen molar-refractivity contribution in [2.75, 3.05) is 20.2 Å². The summed E-state index contributed by atoms with van der Waals surface area (Å²) in [6.45, 7) is 1.14. The van der Waals surface area contributed by atoms with Crippen LogP contribution in [-0.2, 0) is 38.3 Å². The third kappa shape index (κ3) is 4.79. The number of ether oxygens (including phenoxy) is 1. The molecular formula is C21H26N2O4S. The Hall–Kier alpha value is -2.22. The average Bonchev–Trinajstić information content (AvgIpc) is 2.71. The molecule has 0 spiro atoms. The van der Waals surface area contributed by atoms with Gasteiger partial charge in [-0.15, -0.1) is 0 Å². The van der Waals surface area contributed by atoms with E-state index in [1.54, 1.807) is 4.31 Å². The van der Waals surface area contributed by atoms with Crippen molar-refractivity contribution in [1.29, 1.82) is 0 Å². The second kappa shape index (κ2) is 8.86. The van der Waals surface area contributed by atoms with Gasteiger partial charge in [-0.25, -0.2) is 8.42 Å². The summed E-state index contributed by atoms with van der Waals surface area (Å²) < 4.78 is 32.0. The molecule has 0 saturated heterocycles. The Morgan fingerprint density at radius 1 is 1.18 bits per heavy atom. The van der Waals surface area contributed by atoms with Gasteiger partial charge in [0.1, 0.15) is 0 Å². The number of methoxy groups -OCH3 is 1. The van der Waals surface area contributed by atoms with Crippen molar-refractivity contribution in [3.8, 4) is 0 Å². The molecule has 28 heavy (non-hydrogen) atoms. The summed E-state index contributed by atoms with van der Waals surface area (Å²) >= 11 is 0. The van der Waals surface area contributed by atoms with Crippen molar-refractivity contribution in [2.24, 2.45) is 5.73 Å². The Labute approximate surface area is 166 Å². The molecule has 7 heteroatoms. The van der Waals surface area contributed by atoms with E-state index < -0.39 is 10.0 Å². The first-order valence-electron chi connectivity index (χ1n) is 9.33. The van der Waals surface area contributed by atoms with Crippen LogP contribution in [-0.4, -0.2) is 38.9 Å². The maximum absolute atomic E-state index is 12.9. The van der Waals surface area contributed by atoms with Crippen molar-refractivity contribution < 1.29 is 17.9 Å². The lowest BCUT2D eigenvalue weighted by molar-refractivity contribution is -0.141. The number of nitrogens with zero attached hydrogens (tertiary/aromatic N) is 1. The number of benzene rings is 2. The monoisotopic (exact) mass is 402 g/mol. The predicted molar refractivity (Wildman–Crippen MR) is 108 cm³/mol. The molecule has 2 N–H and O–H groups in total. The molecule has 2 aromatic rings. The minimum Gasteiger partial charge on any atom is -0.469 e. The standard InChI is InChI=1S/C21H26N2O4S/c1-27-21(24)12-19(13-22)18-8-7-17-9-10-23(14-20(17)11-18)28(25,26)15-16-5-3-2-4-6-16/h2-8,11,19H,9-10,12-15,22H2,1H3. The summed E-state index contributed by atoms with van der Waals surface area (Å²) in [5.74, 6) is -0.453. The molecular weight excluding hydrogens is 376 g/mol. The van der Waals surface area contributed by atoms with Crippen molar-refractivity contribution in [3.63, 3.8) is 0 Å². The number of nitrogens with two attached hydrogens (primary N) is 1. The van der Waals surface area contributed by atoms with Crippen LogP contribution >= 0.6 is 0 Å². The summed E-state index contributed by atoms with van der Waals surface area (Å²) in [4.78, 5) is 11.6. The molecule has 0 aromatic heterocycles. The van der Waals surface area contributed by atoms with E-state index in [1.807, 2.05) is 48.5 Å². The third-order valence-corrected chi connectivity index (χ3v) is 6.99. The van der Waals surface area contributed by atoms with Crippen LogP contribution in [0.2, 0.25) is 0 Å². The lowest BCUT2D eigenvalue weighted by atomic mass is 9.90. The number of carbonyl (C=O) groups is 1. The van der Waals surface area contributed by atoms with E-state index in [9.17, 15) is 13.2 Å². The largest absolute Gasteiger partial charge is 0.469 e. The van der Waals surface area contributed by atoms with E-state index in [0.29, 0.717) is 26.1 Å². The first-order chi connectivity index (χ1) is 13.4. The molecule has 1 atom stereocenters. The Balaban J connectivity index is 1.79. The quantitative estimate of drug-likeness (QED) is 0.717. The van der Waals surface area contributed by atoms with Crippen molar-refractivity contribution in [1.82, 2.24) is 4.31 Å². The number of fused-ring (bicyclic) bond motifs is 1. The molecule has 3 rings (SSSR count). The third-order valence-electron chi connectivity index (χ3n) is 5.19. The molecule has 1 heterocycles. The van der Waals surface area contributed by atoms with Crippen LogP contribution in [0.15, 0.2) is 48.5 Å². The summed E-state index contributed by atoms with van der Waals surface area (Å²) in [7, 11) is -2.05. The minimum atomic E-state index is -3.41. The van der Waals surface area contributed by atoms with Gasteiger partial charge in [-0.3, -0.25) is 4.79 Å². The molecule has 1 unspecified atom stereocenters. The van der Waals surface area contributed by atoms with Crippen molar-refractivity contribution >= 4 is 16.0 Å². The molecule has 0 radical (unpaired) electrons. The zero-order valence-corrected chi connectivity index (χ0v) is 16.8. The highest BCUT2D eigenvalue weighted by Crippen LogP contribution is 2.27. The number of rotatable bonds is 7. The lowest BCUT2D eigenvalue weighted by Crippen LogP contribution is -2.36. The average molecular weight is 403 g/mol. The fourth-order valence-corrected chi connectivity index (χ4v) is 5.04. The summed E-state index contributed by atoms with van der Waals surface area (Å²) in [5, 5.41) is 0. The van der Waals surface area contributed by atoms with Gasteiger partial charge < -0.3 is 10.5 Å². The number of esters is 1. The molecule has 0 amide bonds. The fraction of sp³-hybridized carbons (Fsp3) is 0.381. The zero-order valence-electron chi connectivity index (χ0n) is 16.0. The van der Waals surface area contributed by atoms with Crippen molar-refractivity contribution in [2.45, 2.75) is 31.1 Å². The van der Waals surface area contributed by atoms with E-state index in [4.69, 9.17) is 10.5 Å². The van der Waals surface area contributed by atoms with Crippen molar-refractivity contribution in [3.05, 3.63) is 70.8 Å². The van der Waals surface area contributed by atoms with E-state index in [1.165, 1.54) is 7.11 Å². The topological polar surface area (TPSA) is 89.7 Å². The molecule has 150 valence electrons. The smallest absolute Gasteiger partial charge is 0.306 e. The van der Waals surface area contributed by atoms with Gasteiger partial charge in [0, 0.05) is 19.0 Å². The van der Waals surface area contributed by atoms with Crippen LogP contribution in [0.1, 0.15) is 34.6 Å². The highest BCUT2D eigenvalue weighted by molar-refractivity contribution is 7.88. The molecule has 1 aliphatic heterocycles. The molecule has 0 aliphatic carbocycles. The molecule has 2 aromatic carbocycles. The van der Waals surface area contributed by atoms with Gasteiger partial charge in [0.2, 0.25) is 10.0 Å². The van der Waals surface area contributed by atoms with E-state index >= 15 is 0 Å². The SMILES string of the molecule is COC(=O)CC(CN)c1ccc2c(c1)CN(S(=O)(=O)Cc1ccccc1)CC2. The van der Waals surface area contributed by atoms with Crippen LogP contribution in [0.3, 0.4) is 0 Å². The van der Waals surface area contributed by atoms with Crippen LogP contribution in [0.5, 0.6) is 0 Å². The Morgan fingerprint density at radius 2 is 1.93 bits per heavy atom. The maximum atomic E-state index is 12.9. The second-order valence-electron chi connectivity index (χ2n) is 7.07. The Morgan fingerprint density at radius 3 is 2.61 bits per heavy atom. The summed E-state index contributed by atoms with van der Waals surface area (Å²) in [6.07, 6.45) is 0.885. The number of sulfonamides is 1. The molecule has 6 nitrogen and oxygen atoms in total. The molecule has 0 fully saturated rings. The summed E-state index contributed by atoms with van der Waals surface area (Å²) in [5.41, 5.74) is 9.69. The lowest BCUT2D eigenvalue weighted by Gasteiger charge is -2.29. The van der Waals surface area contributed by atoms with Gasteiger partial charge in [0.25, 0.3) is 0 Å². The maximum Gasteiger partial charge on any atom is 0.306 e. The minimum absolute atomic E-state index is 0.00334. The van der Waals surface area contributed by atoms with Gasteiger partial charge in [0.15, 0.2) is 0 Å². The van der Waals surface area contributed by atoms with Gasteiger partial charge in [-0.05, 0) is 35.2 Å². The van der Waals surface area contributed by atoms with E-state index in [2.05, 4.69) is 0 Å². The van der Waals surface area contributed by atoms with Crippen LogP contribution in [0, 0.1) is 0 Å². The highest BCUT2D eigenvalue weighted by Gasteiger charge is 2.27. The van der Waals surface area contributed by atoms with Crippen LogP contribution < -0.4 is 5.73 Å². The summed E-state index contributed by atoms with van der Waals surface area (Å²) in [6, 6.07) is 15.2. The molecule has 1 aliphatic rings. The van der Waals surface area contributed by atoms with Gasteiger partial charge >= 0.3 is 5.97 Å². The van der Waals surface area contributed by atoms with Crippen LogP contribution in [0.4, 0.5) is 0 Å². The number of hydrogen-bond acceptors (Lipinski definition) is 5. The number of carbonyl (C=O) groups excluding carboxylic acids is 1. The van der Waals surface area contributed by atoms with Gasteiger partial charge in [-0.1, -0.05) is 48.5 Å². The first-order valence-corrected chi connectivity index (χ1v) is 10.9. The Bertz CT molecular complexity index is 929. The highest BCUT2D eigenvalue weighted by atomic mass is 32.2. The normalized spacial score (nSPS) is 15.6. The predicted octanol–water partition coefficient (Wildman–Crippen LogP) is 2.18. The van der Waals surface area contributed by atoms with E-state index in [0.717, 1.165) is 22.3 Å². The second-order valence-corrected chi connectivity index (χ2v) is 9.04. The Kier molecular flexibility index (Phi) is 6.49. The van der Waals surface area contributed by atoms with Crippen LogP contribution in [0.25, 0.3) is 0 Å². The first kappa shape index (κ1) is 20.5. The van der Waals surface area contributed by atoms with Gasteiger partial charge in [0.05, 0.1) is 19.3 Å². The number of hydrogen-bond donors (Lipinski definition) is 1. The molecule has 0 saturated carbocycles. The fourth-order valence-electron chi connectivity index (χ4n) is 3.54.